The summed E-state index contributed by atoms with van der Waals surface area (Å²) >= 11 is 0. The van der Waals surface area contributed by atoms with Gasteiger partial charge in [-0.25, -0.2) is 4.98 Å². The molecular weight excluding hydrogens is 196 g/mol. The van der Waals surface area contributed by atoms with E-state index in [0.29, 0.717) is 5.92 Å². The minimum atomic E-state index is 0.637. The molecule has 1 aromatic heterocycles. The number of hydrogen-bond acceptors (Lipinski definition) is 1. The van der Waals surface area contributed by atoms with Crippen molar-refractivity contribution in [3.05, 3.63) is 42.4 Å². The molecule has 0 saturated heterocycles. The van der Waals surface area contributed by atoms with Gasteiger partial charge in [-0.2, -0.15) is 0 Å². The molecule has 84 valence electrons. The fourth-order valence-electron chi connectivity index (χ4n) is 1.78. The second-order valence-corrected chi connectivity index (χ2v) is 4.36. The molecule has 0 bridgehead atoms. The lowest BCUT2D eigenvalue weighted by molar-refractivity contribution is 0.734. The molecule has 0 aliphatic rings. The van der Waals surface area contributed by atoms with Crippen molar-refractivity contribution in [2.45, 2.75) is 26.2 Å². The summed E-state index contributed by atoms with van der Waals surface area (Å²) in [4.78, 5) is 4.34. The van der Waals surface area contributed by atoms with Gasteiger partial charge in [0.1, 0.15) is 0 Å². The Morgan fingerprint density at radius 2 is 1.94 bits per heavy atom. The smallest absolute Gasteiger partial charge is 0.0951 e. The van der Waals surface area contributed by atoms with Crippen LogP contribution in [0.2, 0.25) is 0 Å². The van der Waals surface area contributed by atoms with Crippen LogP contribution in [0.5, 0.6) is 0 Å². The van der Waals surface area contributed by atoms with Gasteiger partial charge >= 0.3 is 0 Å². The van der Waals surface area contributed by atoms with E-state index in [1.54, 1.807) is 0 Å². The molecule has 0 amide bonds. The Morgan fingerprint density at radius 1 is 1.25 bits per heavy atom. The lowest BCUT2D eigenvalue weighted by atomic mass is 9.97. The van der Waals surface area contributed by atoms with Gasteiger partial charge in [-0.1, -0.05) is 38.1 Å². The van der Waals surface area contributed by atoms with E-state index in [1.165, 1.54) is 17.5 Å². The van der Waals surface area contributed by atoms with E-state index in [2.05, 4.69) is 43.1 Å². The molecule has 0 N–H and O–H groups in total. The van der Waals surface area contributed by atoms with Crippen molar-refractivity contribution in [1.82, 2.24) is 9.55 Å². The van der Waals surface area contributed by atoms with E-state index >= 15 is 0 Å². The van der Waals surface area contributed by atoms with E-state index in [9.17, 15) is 0 Å². The van der Waals surface area contributed by atoms with Crippen molar-refractivity contribution in [3.8, 4) is 11.3 Å². The van der Waals surface area contributed by atoms with Crippen LogP contribution < -0.4 is 0 Å². The maximum Gasteiger partial charge on any atom is 0.0951 e. The molecule has 0 saturated carbocycles. The van der Waals surface area contributed by atoms with Crippen LogP contribution in [-0.4, -0.2) is 9.55 Å². The zero-order chi connectivity index (χ0) is 11.5. The Hall–Kier alpha value is -1.57. The van der Waals surface area contributed by atoms with E-state index in [-0.39, 0.29) is 0 Å². The van der Waals surface area contributed by atoms with Crippen molar-refractivity contribution in [2.24, 2.45) is 7.05 Å². The number of imidazole rings is 1. The Balaban J connectivity index is 2.25. The molecule has 0 fully saturated rings. The van der Waals surface area contributed by atoms with Crippen molar-refractivity contribution in [1.29, 1.82) is 0 Å². The molecule has 1 unspecified atom stereocenters. The Morgan fingerprint density at radius 3 is 2.44 bits per heavy atom. The first kappa shape index (κ1) is 10.9. The summed E-state index contributed by atoms with van der Waals surface area (Å²) in [6.45, 7) is 4.48. The van der Waals surface area contributed by atoms with E-state index < -0.39 is 0 Å². The van der Waals surface area contributed by atoms with Gasteiger partial charge in [-0.05, 0) is 17.9 Å². The highest BCUT2D eigenvalue weighted by Gasteiger charge is 2.04. The number of benzene rings is 1. The Labute approximate surface area is 97.0 Å². The minimum absolute atomic E-state index is 0.637. The van der Waals surface area contributed by atoms with Crippen LogP contribution in [0.25, 0.3) is 11.3 Å². The third kappa shape index (κ3) is 2.16. The summed E-state index contributed by atoms with van der Waals surface area (Å²) in [6.07, 6.45) is 5.05. The number of aromatic nitrogens is 2. The van der Waals surface area contributed by atoms with Gasteiger partial charge in [0.2, 0.25) is 0 Å². The molecule has 2 heteroatoms. The number of nitrogens with zero attached hydrogens (tertiary/aromatic N) is 2. The van der Waals surface area contributed by atoms with Gasteiger partial charge in [0, 0.05) is 18.8 Å². The molecule has 16 heavy (non-hydrogen) atoms. The fraction of sp³-hybridized carbons (Fsp3) is 0.357. The van der Waals surface area contributed by atoms with E-state index in [4.69, 9.17) is 0 Å². The van der Waals surface area contributed by atoms with E-state index in [0.717, 1.165) is 5.69 Å². The molecule has 2 aromatic rings. The minimum Gasteiger partial charge on any atom is -0.340 e. The van der Waals surface area contributed by atoms with Crippen LogP contribution in [0.15, 0.2) is 36.8 Å². The van der Waals surface area contributed by atoms with Gasteiger partial charge in [0.25, 0.3) is 0 Å². The first-order chi connectivity index (χ1) is 7.70. The molecule has 0 aliphatic heterocycles. The molecule has 2 nitrogen and oxygen atoms in total. The highest BCUT2D eigenvalue weighted by molar-refractivity contribution is 5.58. The average molecular weight is 214 g/mol. The summed E-state index contributed by atoms with van der Waals surface area (Å²) in [5.41, 5.74) is 3.63. The van der Waals surface area contributed by atoms with Crippen molar-refractivity contribution in [2.75, 3.05) is 0 Å². The van der Waals surface area contributed by atoms with Crippen LogP contribution in [0.1, 0.15) is 31.7 Å². The maximum atomic E-state index is 4.34. The third-order valence-electron chi connectivity index (χ3n) is 3.09. The second kappa shape index (κ2) is 4.52. The first-order valence-corrected chi connectivity index (χ1v) is 5.79. The van der Waals surface area contributed by atoms with Crippen molar-refractivity contribution >= 4 is 0 Å². The maximum absolute atomic E-state index is 4.34. The summed E-state index contributed by atoms with van der Waals surface area (Å²) in [5, 5.41) is 0. The molecule has 1 heterocycles. The molecule has 1 aromatic carbocycles. The Kier molecular flexibility index (Phi) is 3.09. The molecule has 2 rings (SSSR count). The lowest BCUT2D eigenvalue weighted by Crippen LogP contribution is -1.90. The third-order valence-corrected chi connectivity index (χ3v) is 3.09. The number of rotatable bonds is 3. The van der Waals surface area contributed by atoms with Gasteiger partial charge < -0.3 is 4.57 Å². The Bertz CT molecular complexity index is 454. The highest BCUT2D eigenvalue weighted by Crippen LogP contribution is 2.22. The standard InChI is InChI=1S/C14H18N2/c1-4-11(2)12-5-7-13(8-6-12)14-9-16(3)10-15-14/h5-11H,4H2,1-3H3. The van der Waals surface area contributed by atoms with Gasteiger partial charge in [-0.3, -0.25) is 0 Å². The quantitative estimate of drug-likeness (QED) is 0.763. The van der Waals surface area contributed by atoms with Crippen LogP contribution >= 0.6 is 0 Å². The summed E-state index contributed by atoms with van der Waals surface area (Å²) in [7, 11) is 1.99. The molecule has 0 spiro atoms. The molecular formula is C14H18N2. The number of hydrogen-bond donors (Lipinski definition) is 0. The van der Waals surface area contributed by atoms with Gasteiger partial charge in [0.15, 0.2) is 0 Å². The topological polar surface area (TPSA) is 17.8 Å². The molecule has 0 aliphatic carbocycles. The summed E-state index contributed by atoms with van der Waals surface area (Å²) in [6, 6.07) is 8.73. The van der Waals surface area contributed by atoms with Crippen LogP contribution in [0.4, 0.5) is 0 Å². The van der Waals surface area contributed by atoms with Gasteiger partial charge in [0.05, 0.1) is 12.0 Å². The lowest BCUT2D eigenvalue weighted by Gasteiger charge is -2.08. The van der Waals surface area contributed by atoms with Crippen LogP contribution in [-0.2, 0) is 7.05 Å². The predicted molar refractivity (Wildman–Crippen MR) is 67.4 cm³/mol. The predicted octanol–water partition coefficient (Wildman–Crippen LogP) is 3.60. The van der Waals surface area contributed by atoms with Crippen LogP contribution in [0, 0.1) is 0 Å². The average Bonchev–Trinajstić information content (AvgIpc) is 2.75. The number of aryl methyl sites for hydroxylation is 1. The van der Waals surface area contributed by atoms with Crippen molar-refractivity contribution < 1.29 is 0 Å². The monoisotopic (exact) mass is 214 g/mol. The highest BCUT2D eigenvalue weighted by atomic mass is 15.0. The summed E-state index contributed by atoms with van der Waals surface area (Å²) < 4.78 is 1.97. The van der Waals surface area contributed by atoms with Gasteiger partial charge in [-0.15, -0.1) is 0 Å². The largest absolute Gasteiger partial charge is 0.340 e. The van der Waals surface area contributed by atoms with E-state index in [1.807, 2.05) is 24.1 Å². The molecule has 0 radical (unpaired) electrons. The second-order valence-electron chi connectivity index (χ2n) is 4.36. The van der Waals surface area contributed by atoms with Crippen LogP contribution in [0.3, 0.4) is 0 Å². The normalized spacial score (nSPS) is 12.7. The van der Waals surface area contributed by atoms with Crippen molar-refractivity contribution in [3.63, 3.8) is 0 Å². The SMILES string of the molecule is CCC(C)c1ccc(-c2cn(C)cn2)cc1. The zero-order valence-electron chi connectivity index (χ0n) is 10.1. The first-order valence-electron chi connectivity index (χ1n) is 5.79. The fourth-order valence-corrected chi connectivity index (χ4v) is 1.78. The molecule has 1 atom stereocenters. The summed E-state index contributed by atoms with van der Waals surface area (Å²) in [5.74, 6) is 0.637. The zero-order valence-corrected chi connectivity index (χ0v) is 10.1.